The van der Waals surface area contributed by atoms with Crippen LogP contribution >= 0.6 is 11.8 Å². The first-order chi connectivity index (χ1) is 7.38. The van der Waals surface area contributed by atoms with Gasteiger partial charge in [0.1, 0.15) is 0 Å². The number of halogens is 3. The van der Waals surface area contributed by atoms with Crippen LogP contribution in [0.15, 0.2) is 0 Å². The largest absolute Gasteiger partial charge is 0.441 e. The summed E-state index contributed by atoms with van der Waals surface area (Å²) in [7, 11) is 0. The number of thioether (sulfide) groups is 1. The second kappa shape index (κ2) is 6.15. The van der Waals surface area contributed by atoms with Gasteiger partial charge in [-0.3, -0.25) is 0 Å². The molecule has 96 valence electrons. The molecule has 1 fully saturated rings. The fourth-order valence-electron chi connectivity index (χ4n) is 2.16. The van der Waals surface area contributed by atoms with E-state index in [0.717, 1.165) is 18.8 Å². The maximum absolute atomic E-state index is 11.9. The van der Waals surface area contributed by atoms with Gasteiger partial charge in [-0.25, -0.2) is 0 Å². The lowest BCUT2D eigenvalue weighted by Crippen LogP contribution is -2.37. The van der Waals surface area contributed by atoms with Crippen molar-refractivity contribution in [2.75, 3.05) is 12.3 Å². The van der Waals surface area contributed by atoms with Crippen LogP contribution in [0.5, 0.6) is 0 Å². The van der Waals surface area contributed by atoms with E-state index in [1.165, 1.54) is 6.42 Å². The summed E-state index contributed by atoms with van der Waals surface area (Å²) >= 11 is 0.0610. The van der Waals surface area contributed by atoms with Crippen LogP contribution in [0.2, 0.25) is 0 Å². The van der Waals surface area contributed by atoms with Crippen molar-refractivity contribution in [1.82, 2.24) is 5.32 Å². The first-order valence-electron chi connectivity index (χ1n) is 5.82. The van der Waals surface area contributed by atoms with E-state index in [4.69, 9.17) is 0 Å². The molecule has 16 heavy (non-hydrogen) atoms. The monoisotopic (exact) mass is 255 g/mol. The Labute approximate surface area is 99.6 Å². The van der Waals surface area contributed by atoms with Crippen LogP contribution in [0.3, 0.4) is 0 Å². The van der Waals surface area contributed by atoms with Gasteiger partial charge in [0, 0.05) is 18.3 Å². The Morgan fingerprint density at radius 3 is 2.44 bits per heavy atom. The molecule has 1 aliphatic rings. The van der Waals surface area contributed by atoms with Gasteiger partial charge in [-0.1, -0.05) is 13.8 Å². The van der Waals surface area contributed by atoms with Crippen LogP contribution < -0.4 is 5.32 Å². The molecular formula is C11H20F3NS. The molecule has 0 saturated heterocycles. The molecule has 0 bridgehead atoms. The Hall–Kier alpha value is 0.100. The standard InChI is InChI=1S/C11H20F3NS/c1-8-3-4-10(7-9(8)2)15-5-6-16-11(12,13)14/h8-10,15H,3-7H2,1-2H3. The lowest BCUT2D eigenvalue weighted by molar-refractivity contribution is -0.0327. The smallest absolute Gasteiger partial charge is 0.313 e. The molecule has 5 heteroatoms. The fraction of sp³-hybridized carbons (Fsp3) is 1.00. The van der Waals surface area contributed by atoms with E-state index in [1.54, 1.807) is 0 Å². The molecule has 0 heterocycles. The normalized spacial score (nSPS) is 31.7. The lowest BCUT2D eigenvalue weighted by atomic mass is 9.79. The van der Waals surface area contributed by atoms with Crippen LogP contribution in [0, 0.1) is 11.8 Å². The van der Waals surface area contributed by atoms with Gasteiger partial charge in [-0.2, -0.15) is 13.2 Å². The van der Waals surface area contributed by atoms with Crippen molar-refractivity contribution in [3.8, 4) is 0 Å². The van der Waals surface area contributed by atoms with Gasteiger partial charge in [-0.15, -0.1) is 0 Å². The summed E-state index contributed by atoms with van der Waals surface area (Å²) in [5.74, 6) is 1.55. The third-order valence-electron chi connectivity index (χ3n) is 3.40. The summed E-state index contributed by atoms with van der Waals surface area (Å²) < 4.78 is 35.6. The third-order valence-corrected chi connectivity index (χ3v) is 4.13. The van der Waals surface area contributed by atoms with Gasteiger partial charge in [0.05, 0.1) is 0 Å². The first kappa shape index (κ1) is 14.2. The Morgan fingerprint density at radius 1 is 1.19 bits per heavy atom. The van der Waals surface area contributed by atoms with E-state index in [0.29, 0.717) is 18.5 Å². The first-order valence-corrected chi connectivity index (χ1v) is 6.81. The van der Waals surface area contributed by atoms with Crippen molar-refractivity contribution in [1.29, 1.82) is 0 Å². The van der Waals surface area contributed by atoms with Gasteiger partial charge in [-0.05, 0) is 42.9 Å². The van der Waals surface area contributed by atoms with E-state index in [-0.39, 0.29) is 17.5 Å². The van der Waals surface area contributed by atoms with Crippen molar-refractivity contribution >= 4 is 11.8 Å². The Morgan fingerprint density at radius 2 is 1.88 bits per heavy atom. The fourth-order valence-corrected chi connectivity index (χ4v) is 2.61. The van der Waals surface area contributed by atoms with E-state index >= 15 is 0 Å². The Bertz CT molecular complexity index is 208. The van der Waals surface area contributed by atoms with E-state index in [1.807, 2.05) is 0 Å². The minimum Gasteiger partial charge on any atom is -0.313 e. The van der Waals surface area contributed by atoms with Crippen molar-refractivity contribution in [2.45, 2.75) is 44.7 Å². The maximum atomic E-state index is 11.9. The van der Waals surface area contributed by atoms with Crippen LogP contribution in [-0.4, -0.2) is 23.8 Å². The molecule has 1 N–H and O–H groups in total. The topological polar surface area (TPSA) is 12.0 Å². The van der Waals surface area contributed by atoms with Crippen LogP contribution in [0.25, 0.3) is 0 Å². The van der Waals surface area contributed by atoms with Crippen LogP contribution in [0.4, 0.5) is 13.2 Å². The molecule has 0 aromatic heterocycles. The SMILES string of the molecule is CC1CCC(NCCSC(F)(F)F)CC1C. The van der Waals surface area contributed by atoms with Gasteiger partial charge < -0.3 is 5.32 Å². The third kappa shape index (κ3) is 5.43. The highest BCUT2D eigenvalue weighted by Crippen LogP contribution is 2.31. The van der Waals surface area contributed by atoms with Crippen molar-refractivity contribution in [3.05, 3.63) is 0 Å². The zero-order valence-electron chi connectivity index (χ0n) is 9.81. The molecule has 3 unspecified atom stereocenters. The Balaban J connectivity index is 2.10. The lowest BCUT2D eigenvalue weighted by Gasteiger charge is -2.32. The zero-order valence-corrected chi connectivity index (χ0v) is 10.6. The predicted molar refractivity (Wildman–Crippen MR) is 62.5 cm³/mol. The summed E-state index contributed by atoms with van der Waals surface area (Å²) in [6, 6.07) is 0.417. The molecule has 1 saturated carbocycles. The molecule has 0 aromatic carbocycles. The summed E-state index contributed by atoms with van der Waals surface area (Å²) in [5.41, 5.74) is -4.09. The molecule has 1 nitrogen and oxygen atoms in total. The number of rotatable bonds is 4. The average Bonchev–Trinajstić information content (AvgIpc) is 2.17. The van der Waals surface area contributed by atoms with E-state index < -0.39 is 5.51 Å². The Kier molecular flexibility index (Phi) is 5.44. The molecule has 0 amide bonds. The quantitative estimate of drug-likeness (QED) is 0.769. The van der Waals surface area contributed by atoms with Crippen LogP contribution in [0.1, 0.15) is 33.1 Å². The van der Waals surface area contributed by atoms with E-state index in [2.05, 4.69) is 19.2 Å². The maximum Gasteiger partial charge on any atom is 0.441 e. The zero-order chi connectivity index (χ0) is 12.2. The van der Waals surface area contributed by atoms with Gasteiger partial charge in [0.25, 0.3) is 0 Å². The summed E-state index contributed by atoms with van der Waals surface area (Å²) in [4.78, 5) is 0. The van der Waals surface area contributed by atoms with Crippen molar-refractivity contribution < 1.29 is 13.2 Å². The van der Waals surface area contributed by atoms with Crippen LogP contribution in [-0.2, 0) is 0 Å². The molecular weight excluding hydrogens is 235 g/mol. The molecule has 1 rings (SSSR count). The average molecular weight is 255 g/mol. The summed E-state index contributed by atoms with van der Waals surface area (Å²) in [6.07, 6.45) is 3.38. The highest BCUT2D eigenvalue weighted by Gasteiger charge is 2.28. The van der Waals surface area contributed by atoms with Gasteiger partial charge >= 0.3 is 5.51 Å². The molecule has 1 aliphatic carbocycles. The van der Waals surface area contributed by atoms with Crippen molar-refractivity contribution in [3.63, 3.8) is 0 Å². The van der Waals surface area contributed by atoms with Crippen molar-refractivity contribution in [2.24, 2.45) is 11.8 Å². The highest BCUT2D eigenvalue weighted by atomic mass is 32.2. The number of hydrogen-bond donors (Lipinski definition) is 1. The number of nitrogens with one attached hydrogen (secondary N) is 1. The number of alkyl halides is 3. The highest BCUT2D eigenvalue weighted by molar-refractivity contribution is 8.00. The second-order valence-electron chi connectivity index (χ2n) is 4.71. The van der Waals surface area contributed by atoms with Gasteiger partial charge in [0.2, 0.25) is 0 Å². The second-order valence-corrected chi connectivity index (χ2v) is 5.87. The number of hydrogen-bond acceptors (Lipinski definition) is 2. The van der Waals surface area contributed by atoms with E-state index in [9.17, 15) is 13.2 Å². The minimum absolute atomic E-state index is 0.0610. The predicted octanol–water partition coefficient (Wildman–Crippen LogP) is 3.65. The molecule has 3 atom stereocenters. The molecule has 0 aliphatic heterocycles. The molecule has 0 spiro atoms. The molecule has 0 aromatic rings. The summed E-state index contributed by atoms with van der Waals surface area (Å²) in [5, 5.41) is 3.22. The molecule has 0 radical (unpaired) electrons. The van der Waals surface area contributed by atoms with Gasteiger partial charge in [0.15, 0.2) is 0 Å². The minimum atomic E-state index is -4.09. The summed E-state index contributed by atoms with van der Waals surface area (Å²) in [6.45, 7) is 4.93.